The first-order valence-electron chi connectivity index (χ1n) is 8.13. The summed E-state index contributed by atoms with van der Waals surface area (Å²) < 4.78 is 10.2. The van der Waals surface area contributed by atoms with Crippen molar-refractivity contribution in [2.75, 3.05) is 13.2 Å². The number of carbonyl (C=O) groups is 3. The van der Waals surface area contributed by atoms with Gasteiger partial charge in [-0.3, -0.25) is 14.9 Å². The van der Waals surface area contributed by atoms with Gasteiger partial charge in [0.2, 0.25) is 0 Å². The van der Waals surface area contributed by atoms with E-state index in [1.165, 1.54) is 16.9 Å². The van der Waals surface area contributed by atoms with Crippen molar-refractivity contribution in [3.05, 3.63) is 51.7 Å². The molecule has 0 bridgehead atoms. The van der Waals surface area contributed by atoms with Crippen LogP contribution >= 0.6 is 11.3 Å². The normalized spacial score (nSPS) is 10.5. The van der Waals surface area contributed by atoms with Gasteiger partial charge in [-0.05, 0) is 47.5 Å². The highest BCUT2D eigenvalue weighted by Crippen LogP contribution is 2.23. The molecule has 1 N–H and O–H groups in total. The number of thiophene rings is 1. The molecule has 0 saturated heterocycles. The van der Waals surface area contributed by atoms with Gasteiger partial charge in [-0.1, -0.05) is 26.0 Å². The number of ether oxygens (including phenoxy) is 2. The number of rotatable bonds is 7. The molecule has 6 nitrogen and oxygen atoms in total. The maximum atomic E-state index is 11.7. The van der Waals surface area contributed by atoms with Crippen LogP contribution in [-0.2, 0) is 14.3 Å². The van der Waals surface area contributed by atoms with Crippen LogP contribution in [0.15, 0.2) is 35.7 Å². The second-order valence-electron chi connectivity index (χ2n) is 5.98. The summed E-state index contributed by atoms with van der Waals surface area (Å²) in [5, 5.41) is 3.88. The van der Waals surface area contributed by atoms with Gasteiger partial charge in [-0.2, -0.15) is 0 Å². The highest BCUT2D eigenvalue weighted by atomic mass is 32.1. The van der Waals surface area contributed by atoms with Crippen LogP contribution in [-0.4, -0.2) is 31.0 Å². The van der Waals surface area contributed by atoms with E-state index in [4.69, 9.17) is 9.47 Å². The largest absolute Gasteiger partial charge is 0.482 e. The van der Waals surface area contributed by atoms with Crippen LogP contribution in [0.1, 0.15) is 40.6 Å². The third kappa shape index (κ3) is 5.70. The van der Waals surface area contributed by atoms with Crippen LogP contribution in [0, 0.1) is 6.92 Å². The fraction of sp³-hybridized carbons (Fsp3) is 0.316. The number of nitrogens with one attached hydrogen (secondary N) is 1. The van der Waals surface area contributed by atoms with Gasteiger partial charge < -0.3 is 9.47 Å². The number of hydrogen-bond acceptors (Lipinski definition) is 6. The maximum Gasteiger partial charge on any atom is 0.344 e. The van der Waals surface area contributed by atoms with E-state index < -0.39 is 24.4 Å². The Bertz CT molecular complexity index is 783. The molecule has 0 aliphatic rings. The van der Waals surface area contributed by atoms with E-state index in [1.807, 2.05) is 19.1 Å². The molecule has 2 aromatic rings. The Labute approximate surface area is 156 Å². The lowest BCUT2D eigenvalue weighted by Gasteiger charge is -2.12. The first kappa shape index (κ1) is 19.7. The summed E-state index contributed by atoms with van der Waals surface area (Å²) in [5.74, 6) is -0.924. The van der Waals surface area contributed by atoms with Crippen molar-refractivity contribution >= 4 is 29.1 Å². The third-order valence-corrected chi connectivity index (χ3v) is 4.45. The standard InChI is InChI=1S/C19H21NO5S/c1-12(2)15-7-6-14(9-13(15)3)24-11-18(22)25-10-17(21)20-19(23)16-5-4-8-26-16/h4-9,12H,10-11H2,1-3H3,(H,20,21,23). The summed E-state index contributed by atoms with van der Waals surface area (Å²) in [4.78, 5) is 35.4. The minimum atomic E-state index is -0.686. The van der Waals surface area contributed by atoms with E-state index in [9.17, 15) is 14.4 Å². The molecule has 0 radical (unpaired) electrons. The third-order valence-electron chi connectivity index (χ3n) is 3.58. The molecule has 1 aromatic carbocycles. The van der Waals surface area contributed by atoms with E-state index in [0.29, 0.717) is 16.5 Å². The summed E-state index contributed by atoms with van der Waals surface area (Å²) in [6.07, 6.45) is 0. The molecule has 7 heteroatoms. The van der Waals surface area contributed by atoms with Gasteiger partial charge in [0.25, 0.3) is 11.8 Å². The topological polar surface area (TPSA) is 81.7 Å². The number of benzene rings is 1. The van der Waals surface area contributed by atoms with E-state index in [2.05, 4.69) is 19.2 Å². The van der Waals surface area contributed by atoms with E-state index in [0.717, 1.165) is 5.56 Å². The monoisotopic (exact) mass is 375 g/mol. The van der Waals surface area contributed by atoms with Crippen molar-refractivity contribution < 1.29 is 23.9 Å². The molecule has 0 fully saturated rings. The summed E-state index contributed by atoms with van der Waals surface area (Å²) in [6, 6.07) is 8.91. The predicted molar refractivity (Wildman–Crippen MR) is 98.5 cm³/mol. The average molecular weight is 375 g/mol. The Morgan fingerprint density at radius 2 is 1.92 bits per heavy atom. The van der Waals surface area contributed by atoms with Crippen molar-refractivity contribution in [3.8, 4) is 5.75 Å². The maximum absolute atomic E-state index is 11.7. The molecule has 0 aliphatic heterocycles. The Kier molecular flexibility index (Phi) is 6.91. The number of carbonyl (C=O) groups excluding carboxylic acids is 3. The van der Waals surface area contributed by atoms with Crippen LogP contribution in [0.5, 0.6) is 5.75 Å². The summed E-state index contributed by atoms with van der Waals surface area (Å²) in [7, 11) is 0. The zero-order chi connectivity index (χ0) is 19.1. The molecular weight excluding hydrogens is 354 g/mol. The Morgan fingerprint density at radius 3 is 2.54 bits per heavy atom. The molecule has 138 valence electrons. The average Bonchev–Trinajstić information content (AvgIpc) is 3.12. The highest BCUT2D eigenvalue weighted by molar-refractivity contribution is 7.12. The molecule has 2 amide bonds. The van der Waals surface area contributed by atoms with Crippen LogP contribution in [0.3, 0.4) is 0 Å². The van der Waals surface area contributed by atoms with Crippen molar-refractivity contribution in [3.63, 3.8) is 0 Å². The predicted octanol–water partition coefficient (Wildman–Crippen LogP) is 3.06. The second-order valence-corrected chi connectivity index (χ2v) is 6.92. The SMILES string of the molecule is Cc1cc(OCC(=O)OCC(=O)NC(=O)c2cccs2)ccc1C(C)C. The van der Waals surface area contributed by atoms with Crippen LogP contribution in [0.4, 0.5) is 0 Å². The quantitative estimate of drug-likeness (QED) is 0.752. The fourth-order valence-corrected chi connectivity index (χ4v) is 2.97. The number of amides is 2. The molecule has 2 rings (SSSR count). The molecule has 0 aliphatic carbocycles. The lowest BCUT2D eigenvalue weighted by molar-refractivity contribution is -0.150. The zero-order valence-corrected chi connectivity index (χ0v) is 15.7. The highest BCUT2D eigenvalue weighted by Gasteiger charge is 2.14. The molecule has 0 atom stereocenters. The van der Waals surface area contributed by atoms with Crippen LogP contribution < -0.4 is 10.1 Å². The number of esters is 1. The number of hydrogen-bond donors (Lipinski definition) is 1. The van der Waals surface area contributed by atoms with E-state index in [1.54, 1.807) is 23.6 Å². The van der Waals surface area contributed by atoms with Crippen LogP contribution in [0.25, 0.3) is 0 Å². The van der Waals surface area contributed by atoms with Crippen molar-refractivity contribution in [2.24, 2.45) is 0 Å². The fourth-order valence-electron chi connectivity index (χ4n) is 2.35. The molecule has 0 spiro atoms. The van der Waals surface area contributed by atoms with Crippen molar-refractivity contribution in [1.29, 1.82) is 0 Å². The molecule has 0 unspecified atom stereocenters. The van der Waals surface area contributed by atoms with Gasteiger partial charge in [0.1, 0.15) is 5.75 Å². The van der Waals surface area contributed by atoms with Gasteiger partial charge in [-0.15, -0.1) is 11.3 Å². The smallest absolute Gasteiger partial charge is 0.344 e. The minimum absolute atomic E-state index is 0.313. The molecule has 26 heavy (non-hydrogen) atoms. The van der Waals surface area contributed by atoms with Crippen molar-refractivity contribution in [2.45, 2.75) is 26.7 Å². The Balaban J connectivity index is 1.74. The Hall–Kier alpha value is -2.67. The second kappa shape index (κ2) is 9.15. The molecule has 1 heterocycles. The van der Waals surface area contributed by atoms with Crippen molar-refractivity contribution in [1.82, 2.24) is 5.32 Å². The van der Waals surface area contributed by atoms with Gasteiger partial charge in [0, 0.05) is 0 Å². The van der Waals surface area contributed by atoms with Gasteiger partial charge in [0.15, 0.2) is 13.2 Å². The number of imide groups is 1. The summed E-state index contributed by atoms with van der Waals surface area (Å²) in [6.45, 7) is 5.34. The Morgan fingerprint density at radius 1 is 1.15 bits per heavy atom. The van der Waals surface area contributed by atoms with Gasteiger partial charge >= 0.3 is 5.97 Å². The van der Waals surface area contributed by atoms with Crippen LogP contribution in [0.2, 0.25) is 0 Å². The lowest BCUT2D eigenvalue weighted by atomic mass is 9.98. The summed E-state index contributed by atoms with van der Waals surface area (Å²) in [5.41, 5.74) is 2.30. The van der Waals surface area contributed by atoms with Gasteiger partial charge in [-0.25, -0.2) is 4.79 Å². The summed E-state index contributed by atoms with van der Waals surface area (Å²) >= 11 is 1.21. The number of aryl methyl sites for hydroxylation is 1. The first-order chi connectivity index (χ1) is 12.4. The molecule has 0 saturated carbocycles. The van der Waals surface area contributed by atoms with Gasteiger partial charge in [0.05, 0.1) is 4.88 Å². The first-order valence-corrected chi connectivity index (χ1v) is 9.01. The molecule has 1 aromatic heterocycles. The lowest BCUT2D eigenvalue weighted by Crippen LogP contribution is -2.34. The zero-order valence-electron chi connectivity index (χ0n) is 14.9. The minimum Gasteiger partial charge on any atom is -0.482 e. The van der Waals surface area contributed by atoms with E-state index in [-0.39, 0.29) is 6.61 Å². The molecular formula is C19H21NO5S. The van der Waals surface area contributed by atoms with E-state index >= 15 is 0 Å².